The van der Waals surface area contributed by atoms with Gasteiger partial charge in [-0.2, -0.15) is 0 Å². The molecule has 1 aromatic heterocycles. The SMILES string of the molecule is Cc1cc(OC(F)(F)F)ccc1/C=C/c1ccc2cccc(Cl)c2n1. The molecule has 3 rings (SSSR count). The quantitative estimate of drug-likeness (QED) is 0.547. The van der Waals surface area contributed by atoms with Crippen molar-refractivity contribution in [2.24, 2.45) is 0 Å². The summed E-state index contributed by atoms with van der Waals surface area (Å²) in [5, 5.41) is 1.51. The lowest BCUT2D eigenvalue weighted by atomic mass is 10.1. The van der Waals surface area contributed by atoms with Gasteiger partial charge in [-0.1, -0.05) is 41.9 Å². The minimum absolute atomic E-state index is 0.238. The standard InChI is InChI=1S/C19H13ClF3NO/c1-12-11-16(25-19(21,22)23)10-7-13(12)5-8-15-9-6-14-3-2-4-17(20)18(14)24-15/h2-11H,1H3/b8-5+. The minimum atomic E-state index is -4.70. The van der Waals surface area contributed by atoms with Crippen LogP contribution in [0.2, 0.25) is 5.02 Å². The number of ether oxygens (including phenoxy) is 1. The van der Waals surface area contributed by atoms with Gasteiger partial charge < -0.3 is 4.74 Å². The van der Waals surface area contributed by atoms with Gasteiger partial charge >= 0.3 is 6.36 Å². The maximum atomic E-state index is 12.2. The van der Waals surface area contributed by atoms with Gasteiger partial charge in [-0.3, -0.25) is 0 Å². The molecule has 0 aliphatic heterocycles. The summed E-state index contributed by atoms with van der Waals surface area (Å²) in [7, 11) is 0. The predicted octanol–water partition coefficient (Wildman–Crippen LogP) is 6.27. The van der Waals surface area contributed by atoms with Crippen molar-refractivity contribution in [3.8, 4) is 5.75 Å². The van der Waals surface area contributed by atoms with Crippen LogP contribution in [0.5, 0.6) is 5.75 Å². The monoisotopic (exact) mass is 363 g/mol. The fraction of sp³-hybridized carbons (Fsp3) is 0.105. The van der Waals surface area contributed by atoms with Gasteiger partial charge in [0.2, 0.25) is 0 Å². The summed E-state index contributed by atoms with van der Waals surface area (Å²) in [6, 6.07) is 13.5. The molecule has 128 valence electrons. The van der Waals surface area contributed by atoms with E-state index in [0.717, 1.165) is 10.9 Å². The lowest BCUT2D eigenvalue weighted by molar-refractivity contribution is -0.274. The van der Waals surface area contributed by atoms with Crippen LogP contribution in [-0.4, -0.2) is 11.3 Å². The third-order valence-electron chi connectivity index (χ3n) is 3.60. The van der Waals surface area contributed by atoms with Crippen LogP contribution in [0.3, 0.4) is 0 Å². The first-order chi connectivity index (χ1) is 11.8. The van der Waals surface area contributed by atoms with Crippen LogP contribution in [0.15, 0.2) is 48.5 Å². The number of hydrogen-bond acceptors (Lipinski definition) is 2. The highest BCUT2D eigenvalue weighted by molar-refractivity contribution is 6.35. The maximum Gasteiger partial charge on any atom is 0.573 e. The molecule has 0 aliphatic carbocycles. The van der Waals surface area contributed by atoms with E-state index in [-0.39, 0.29) is 5.75 Å². The molecule has 0 unspecified atom stereocenters. The Hall–Kier alpha value is -2.53. The van der Waals surface area contributed by atoms with Crippen molar-refractivity contribution in [1.29, 1.82) is 0 Å². The number of halogens is 4. The van der Waals surface area contributed by atoms with Gasteiger partial charge in [-0.15, -0.1) is 13.2 Å². The number of benzene rings is 2. The van der Waals surface area contributed by atoms with Crippen LogP contribution >= 0.6 is 11.6 Å². The van der Waals surface area contributed by atoms with Crippen molar-refractivity contribution in [1.82, 2.24) is 4.98 Å². The molecule has 0 bridgehead atoms. The molecule has 0 aliphatic rings. The van der Waals surface area contributed by atoms with Crippen molar-refractivity contribution in [2.75, 3.05) is 0 Å². The van der Waals surface area contributed by atoms with E-state index in [9.17, 15) is 13.2 Å². The highest BCUT2D eigenvalue weighted by atomic mass is 35.5. The molecule has 0 amide bonds. The Kier molecular flexibility index (Phi) is 4.68. The number of nitrogens with zero attached hydrogens (tertiary/aromatic N) is 1. The van der Waals surface area contributed by atoms with E-state index < -0.39 is 6.36 Å². The third kappa shape index (κ3) is 4.31. The Morgan fingerprint density at radius 1 is 1.04 bits per heavy atom. The molecule has 0 spiro atoms. The zero-order valence-corrected chi connectivity index (χ0v) is 13.9. The first-order valence-corrected chi connectivity index (χ1v) is 7.79. The highest BCUT2D eigenvalue weighted by Gasteiger charge is 2.31. The summed E-state index contributed by atoms with van der Waals surface area (Å²) in [4.78, 5) is 4.49. The Morgan fingerprint density at radius 3 is 2.56 bits per heavy atom. The van der Waals surface area contributed by atoms with Crippen LogP contribution < -0.4 is 4.74 Å². The minimum Gasteiger partial charge on any atom is -0.406 e. The summed E-state index contributed by atoms with van der Waals surface area (Å²) in [5.74, 6) is -0.238. The molecule has 1 heterocycles. The van der Waals surface area contributed by atoms with Crippen molar-refractivity contribution >= 4 is 34.7 Å². The third-order valence-corrected chi connectivity index (χ3v) is 3.91. The van der Waals surface area contributed by atoms with E-state index in [1.165, 1.54) is 12.1 Å². The molecule has 0 N–H and O–H groups in total. The summed E-state index contributed by atoms with van der Waals surface area (Å²) in [6.45, 7) is 1.72. The van der Waals surface area contributed by atoms with Gasteiger partial charge in [0.15, 0.2) is 0 Å². The number of aryl methyl sites for hydroxylation is 1. The molecular formula is C19H13ClF3NO. The van der Waals surface area contributed by atoms with E-state index in [1.54, 1.807) is 31.2 Å². The number of alkyl halides is 3. The fourth-order valence-corrected chi connectivity index (χ4v) is 2.65. The summed E-state index contributed by atoms with van der Waals surface area (Å²) in [6.07, 6.45) is -1.12. The molecule has 0 fully saturated rings. The van der Waals surface area contributed by atoms with Crippen molar-refractivity contribution in [3.63, 3.8) is 0 Å². The second-order valence-corrected chi connectivity index (χ2v) is 5.85. The first kappa shape index (κ1) is 17.3. The molecular weight excluding hydrogens is 351 g/mol. The number of rotatable bonds is 3. The largest absolute Gasteiger partial charge is 0.573 e. The molecule has 2 nitrogen and oxygen atoms in total. The fourth-order valence-electron chi connectivity index (χ4n) is 2.43. The first-order valence-electron chi connectivity index (χ1n) is 7.41. The summed E-state index contributed by atoms with van der Waals surface area (Å²) >= 11 is 6.15. The highest BCUT2D eigenvalue weighted by Crippen LogP contribution is 2.26. The van der Waals surface area contributed by atoms with Gasteiger partial charge in [-0.05, 0) is 48.4 Å². The lowest BCUT2D eigenvalue weighted by Crippen LogP contribution is -2.17. The zero-order chi connectivity index (χ0) is 18.0. The van der Waals surface area contributed by atoms with Gasteiger partial charge in [0, 0.05) is 5.39 Å². The van der Waals surface area contributed by atoms with E-state index >= 15 is 0 Å². The average Bonchev–Trinajstić information content (AvgIpc) is 2.53. The summed E-state index contributed by atoms with van der Waals surface area (Å²) < 4.78 is 40.7. The van der Waals surface area contributed by atoms with Crippen LogP contribution in [0.25, 0.3) is 23.1 Å². The Bertz CT molecular complexity index is 951. The lowest BCUT2D eigenvalue weighted by Gasteiger charge is -2.10. The van der Waals surface area contributed by atoms with E-state index in [1.807, 2.05) is 24.3 Å². The topological polar surface area (TPSA) is 22.1 Å². The van der Waals surface area contributed by atoms with Crippen molar-refractivity contribution in [2.45, 2.75) is 13.3 Å². The molecule has 2 aromatic carbocycles. The maximum absolute atomic E-state index is 12.2. The Balaban J connectivity index is 1.85. The number of para-hydroxylation sites is 1. The molecule has 25 heavy (non-hydrogen) atoms. The van der Waals surface area contributed by atoms with E-state index in [0.29, 0.717) is 21.8 Å². The summed E-state index contributed by atoms with van der Waals surface area (Å²) in [5.41, 5.74) is 2.85. The van der Waals surface area contributed by atoms with Gasteiger partial charge in [-0.25, -0.2) is 4.98 Å². The zero-order valence-electron chi connectivity index (χ0n) is 13.1. The van der Waals surface area contributed by atoms with Crippen molar-refractivity contribution in [3.05, 3.63) is 70.4 Å². The molecule has 0 atom stereocenters. The van der Waals surface area contributed by atoms with Crippen LogP contribution in [-0.2, 0) is 0 Å². The van der Waals surface area contributed by atoms with E-state index in [2.05, 4.69) is 9.72 Å². The Labute approximate surface area is 147 Å². The molecule has 0 radical (unpaired) electrons. The van der Waals surface area contributed by atoms with Gasteiger partial charge in [0.05, 0.1) is 16.2 Å². The number of fused-ring (bicyclic) bond motifs is 1. The van der Waals surface area contributed by atoms with Crippen LogP contribution in [0, 0.1) is 6.92 Å². The predicted molar refractivity (Wildman–Crippen MR) is 93.5 cm³/mol. The van der Waals surface area contributed by atoms with Gasteiger partial charge in [0.1, 0.15) is 5.75 Å². The second-order valence-electron chi connectivity index (χ2n) is 5.45. The molecule has 0 saturated carbocycles. The Morgan fingerprint density at radius 2 is 1.84 bits per heavy atom. The normalized spacial score (nSPS) is 12.0. The average molecular weight is 364 g/mol. The van der Waals surface area contributed by atoms with Crippen molar-refractivity contribution < 1.29 is 17.9 Å². The van der Waals surface area contributed by atoms with Gasteiger partial charge in [0.25, 0.3) is 0 Å². The van der Waals surface area contributed by atoms with Crippen LogP contribution in [0.4, 0.5) is 13.2 Å². The molecule has 6 heteroatoms. The smallest absolute Gasteiger partial charge is 0.406 e. The second kappa shape index (κ2) is 6.76. The number of hydrogen-bond donors (Lipinski definition) is 0. The number of aromatic nitrogens is 1. The van der Waals surface area contributed by atoms with Crippen LogP contribution in [0.1, 0.15) is 16.8 Å². The number of pyridine rings is 1. The molecule has 3 aromatic rings. The van der Waals surface area contributed by atoms with E-state index in [4.69, 9.17) is 11.6 Å². The molecule has 0 saturated heterocycles.